The fourth-order valence-corrected chi connectivity index (χ4v) is 1.69. The largest absolute Gasteiger partial charge is 0.301 e. The van der Waals surface area contributed by atoms with Crippen LogP contribution in [0.25, 0.3) is 0 Å². The first kappa shape index (κ1) is 7.07. The SMILES string of the molecule is CCC1CCC(C)N1C. The molecule has 1 aliphatic heterocycles. The van der Waals surface area contributed by atoms with Gasteiger partial charge in [-0.25, -0.2) is 0 Å². The van der Waals surface area contributed by atoms with Crippen molar-refractivity contribution in [1.82, 2.24) is 4.90 Å². The van der Waals surface area contributed by atoms with Gasteiger partial charge in [0.05, 0.1) is 0 Å². The van der Waals surface area contributed by atoms with Crippen molar-refractivity contribution in [3.8, 4) is 0 Å². The Kier molecular flexibility index (Phi) is 2.12. The molecular formula is C8H17N. The lowest BCUT2D eigenvalue weighted by Crippen LogP contribution is -2.29. The van der Waals surface area contributed by atoms with Gasteiger partial charge in [-0.15, -0.1) is 0 Å². The molecular weight excluding hydrogens is 110 g/mol. The molecule has 2 atom stereocenters. The smallest absolute Gasteiger partial charge is 0.00929 e. The monoisotopic (exact) mass is 127 g/mol. The highest BCUT2D eigenvalue weighted by Crippen LogP contribution is 2.23. The molecule has 1 heteroatoms. The van der Waals surface area contributed by atoms with E-state index in [9.17, 15) is 0 Å². The van der Waals surface area contributed by atoms with Gasteiger partial charge < -0.3 is 4.90 Å². The van der Waals surface area contributed by atoms with E-state index in [1.165, 1.54) is 19.3 Å². The predicted octanol–water partition coefficient (Wildman–Crippen LogP) is 1.88. The third-order valence-corrected chi connectivity index (χ3v) is 2.66. The highest BCUT2D eigenvalue weighted by molar-refractivity contribution is 4.80. The van der Waals surface area contributed by atoms with E-state index in [1.54, 1.807) is 0 Å². The second kappa shape index (κ2) is 2.70. The van der Waals surface area contributed by atoms with Crippen molar-refractivity contribution in [2.45, 2.75) is 45.2 Å². The minimum absolute atomic E-state index is 0.829. The van der Waals surface area contributed by atoms with Crippen LogP contribution in [0.3, 0.4) is 0 Å². The molecule has 1 heterocycles. The first-order valence-electron chi connectivity index (χ1n) is 3.97. The molecule has 0 amide bonds. The van der Waals surface area contributed by atoms with Crippen LogP contribution in [-0.4, -0.2) is 24.0 Å². The zero-order valence-corrected chi connectivity index (χ0v) is 6.72. The van der Waals surface area contributed by atoms with Crippen LogP contribution in [-0.2, 0) is 0 Å². The van der Waals surface area contributed by atoms with E-state index in [4.69, 9.17) is 0 Å². The Morgan fingerprint density at radius 1 is 1.44 bits per heavy atom. The Morgan fingerprint density at radius 2 is 2.11 bits per heavy atom. The first-order valence-corrected chi connectivity index (χ1v) is 3.97. The minimum atomic E-state index is 0.829. The number of nitrogens with zero attached hydrogens (tertiary/aromatic N) is 1. The molecule has 54 valence electrons. The Bertz CT molecular complexity index is 90.6. The van der Waals surface area contributed by atoms with Crippen LogP contribution in [0.15, 0.2) is 0 Å². The van der Waals surface area contributed by atoms with E-state index in [-0.39, 0.29) is 0 Å². The summed E-state index contributed by atoms with van der Waals surface area (Å²) in [7, 11) is 2.24. The van der Waals surface area contributed by atoms with E-state index in [0.717, 1.165) is 12.1 Å². The van der Waals surface area contributed by atoms with Crippen LogP contribution in [0.5, 0.6) is 0 Å². The maximum absolute atomic E-state index is 2.50. The zero-order valence-electron chi connectivity index (χ0n) is 6.72. The van der Waals surface area contributed by atoms with Crippen molar-refractivity contribution < 1.29 is 0 Å². The molecule has 0 aromatic heterocycles. The Balaban J connectivity index is 2.41. The molecule has 0 N–H and O–H groups in total. The molecule has 0 radical (unpaired) electrons. The van der Waals surface area contributed by atoms with Gasteiger partial charge in [-0.2, -0.15) is 0 Å². The van der Waals surface area contributed by atoms with Gasteiger partial charge in [-0.1, -0.05) is 6.92 Å². The second-order valence-corrected chi connectivity index (χ2v) is 3.15. The van der Waals surface area contributed by atoms with Crippen LogP contribution in [0.2, 0.25) is 0 Å². The summed E-state index contributed by atoms with van der Waals surface area (Å²) in [6, 6.07) is 1.70. The summed E-state index contributed by atoms with van der Waals surface area (Å²) in [6.07, 6.45) is 4.13. The second-order valence-electron chi connectivity index (χ2n) is 3.15. The average Bonchev–Trinajstić information content (AvgIpc) is 2.15. The first-order chi connectivity index (χ1) is 4.25. The van der Waals surface area contributed by atoms with Gasteiger partial charge in [0.2, 0.25) is 0 Å². The van der Waals surface area contributed by atoms with E-state index < -0.39 is 0 Å². The quantitative estimate of drug-likeness (QED) is 0.520. The number of rotatable bonds is 1. The summed E-state index contributed by atoms with van der Waals surface area (Å²) in [5.41, 5.74) is 0. The number of likely N-dealkylation sites (tertiary alicyclic amines) is 1. The maximum atomic E-state index is 2.50. The lowest BCUT2D eigenvalue weighted by Gasteiger charge is -2.21. The van der Waals surface area contributed by atoms with E-state index in [0.29, 0.717) is 0 Å². The summed E-state index contributed by atoms with van der Waals surface area (Å²) in [6.45, 7) is 4.59. The molecule has 0 aliphatic carbocycles. The summed E-state index contributed by atoms with van der Waals surface area (Å²) in [5, 5.41) is 0. The molecule has 1 saturated heterocycles. The van der Waals surface area contributed by atoms with Gasteiger partial charge in [-0.05, 0) is 33.2 Å². The third-order valence-electron chi connectivity index (χ3n) is 2.66. The standard InChI is InChI=1S/C8H17N/c1-4-8-6-5-7(2)9(8)3/h7-8H,4-6H2,1-3H3. The van der Waals surface area contributed by atoms with Crippen molar-refractivity contribution in [3.05, 3.63) is 0 Å². The van der Waals surface area contributed by atoms with Crippen molar-refractivity contribution in [2.24, 2.45) is 0 Å². The topological polar surface area (TPSA) is 3.24 Å². The minimum Gasteiger partial charge on any atom is -0.301 e. The van der Waals surface area contributed by atoms with Gasteiger partial charge in [0.1, 0.15) is 0 Å². The van der Waals surface area contributed by atoms with Crippen molar-refractivity contribution in [2.75, 3.05) is 7.05 Å². The summed E-state index contributed by atoms with van der Waals surface area (Å²) < 4.78 is 0. The maximum Gasteiger partial charge on any atom is 0.00929 e. The van der Waals surface area contributed by atoms with Gasteiger partial charge in [0.25, 0.3) is 0 Å². The lowest BCUT2D eigenvalue weighted by molar-refractivity contribution is 0.248. The molecule has 0 spiro atoms. The van der Waals surface area contributed by atoms with Crippen molar-refractivity contribution in [3.63, 3.8) is 0 Å². The van der Waals surface area contributed by atoms with Crippen LogP contribution in [0.1, 0.15) is 33.1 Å². The molecule has 0 aromatic rings. The molecule has 0 bridgehead atoms. The summed E-state index contributed by atoms with van der Waals surface area (Å²) in [4.78, 5) is 2.50. The Hall–Kier alpha value is -0.0400. The van der Waals surface area contributed by atoms with E-state index in [2.05, 4.69) is 25.8 Å². The third kappa shape index (κ3) is 1.26. The van der Waals surface area contributed by atoms with Crippen LogP contribution < -0.4 is 0 Å². The molecule has 1 fully saturated rings. The van der Waals surface area contributed by atoms with Crippen LogP contribution in [0.4, 0.5) is 0 Å². The highest BCUT2D eigenvalue weighted by Gasteiger charge is 2.24. The van der Waals surface area contributed by atoms with Gasteiger partial charge in [0.15, 0.2) is 0 Å². The number of hydrogen-bond donors (Lipinski definition) is 0. The molecule has 1 nitrogen and oxygen atoms in total. The van der Waals surface area contributed by atoms with Crippen LogP contribution in [0, 0.1) is 0 Å². The molecule has 2 unspecified atom stereocenters. The van der Waals surface area contributed by atoms with Gasteiger partial charge >= 0.3 is 0 Å². The van der Waals surface area contributed by atoms with Crippen molar-refractivity contribution >= 4 is 0 Å². The van der Waals surface area contributed by atoms with E-state index in [1.807, 2.05) is 0 Å². The molecule has 0 aromatic carbocycles. The molecule has 1 rings (SSSR count). The normalized spacial score (nSPS) is 37.7. The molecule has 0 saturated carbocycles. The molecule has 9 heavy (non-hydrogen) atoms. The van der Waals surface area contributed by atoms with Gasteiger partial charge in [0, 0.05) is 12.1 Å². The zero-order chi connectivity index (χ0) is 6.85. The van der Waals surface area contributed by atoms with E-state index >= 15 is 0 Å². The Morgan fingerprint density at radius 3 is 2.33 bits per heavy atom. The Labute approximate surface area is 58.0 Å². The average molecular weight is 127 g/mol. The van der Waals surface area contributed by atoms with Crippen molar-refractivity contribution in [1.29, 1.82) is 0 Å². The van der Waals surface area contributed by atoms with Crippen LogP contribution >= 0.6 is 0 Å². The summed E-state index contributed by atoms with van der Waals surface area (Å²) >= 11 is 0. The summed E-state index contributed by atoms with van der Waals surface area (Å²) in [5.74, 6) is 0. The predicted molar refractivity (Wildman–Crippen MR) is 40.5 cm³/mol. The van der Waals surface area contributed by atoms with Gasteiger partial charge in [-0.3, -0.25) is 0 Å². The fourth-order valence-electron chi connectivity index (χ4n) is 1.69. The highest BCUT2D eigenvalue weighted by atomic mass is 15.2. The lowest BCUT2D eigenvalue weighted by atomic mass is 10.2. The fraction of sp³-hybridized carbons (Fsp3) is 1.00. The molecule has 1 aliphatic rings. The number of hydrogen-bond acceptors (Lipinski definition) is 1.